The Morgan fingerprint density at radius 1 is 0.824 bits per heavy atom. The van der Waals surface area contributed by atoms with Gasteiger partial charge < -0.3 is 4.98 Å². The summed E-state index contributed by atoms with van der Waals surface area (Å²) in [7, 11) is 0. The number of para-hydroxylation sites is 1. The number of aromatic amines is 1. The van der Waals surface area contributed by atoms with Gasteiger partial charge in [0.25, 0.3) is 0 Å². The van der Waals surface area contributed by atoms with Gasteiger partial charge in [-0.15, -0.1) is 0 Å². The van der Waals surface area contributed by atoms with Crippen molar-refractivity contribution >= 4 is 10.9 Å². The minimum Gasteiger partial charge on any atom is -0.368 e. The SMILES string of the molecule is F.[Cu].c1cc[nH]c1.c1ccc2ncccc2c1. The molecule has 0 aliphatic carbocycles. The van der Waals surface area contributed by atoms with E-state index in [4.69, 9.17) is 0 Å². The normalized spacial score (nSPS) is 8.24. The van der Waals surface area contributed by atoms with Crippen molar-refractivity contribution in [3.05, 3.63) is 67.1 Å². The van der Waals surface area contributed by atoms with E-state index in [-0.39, 0.29) is 21.8 Å². The first kappa shape index (κ1) is 15.4. The molecule has 1 N–H and O–H groups in total. The Hall–Kier alpha value is -1.64. The third-order valence-electron chi connectivity index (χ3n) is 2.01. The van der Waals surface area contributed by atoms with Crippen molar-refractivity contribution in [2.45, 2.75) is 0 Å². The molecule has 0 fully saturated rings. The number of nitrogens with zero attached hydrogens (tertiary/aromatic N) is 1. The van der Waals surface area contributed by atoms with Crippen molar-refractivity contribution in [3.63, 3.8) is 0 Å². The van der Waals surface area contributed by atoms with Crippen LogP contribution in [0.4, 0.5) is 4.70 Å². The number of hydrogen-bond acceptors (Lipinski definition) is 1. The summed E-state index contributed by atoms with van der Waals surface area (Å²) in [6.07, 6.45) is 5.56. The molecule has 0 atom stereocenters. The zero-order chi connectivity index (χ0) is 10.3. The third-order valence-corrected chi connectivity index (χ3v) is 2.01. The van der Waals surface area contributed by atoms with Gasteiger partial charge in [-0.25, -0.2) is 0 Å². The molecule has 0 saturated heterocycles. The van der Waals surface area contributed by atoms with E-state index in [0.717, 1.165) is 5.52 Å². The summed E-state index contributed by atoms with van der Waals surface area (Å²) in [5.74, 6) is 0. The molecule has 1 aromatic carbocycles. The van der Waals surface area contributed by atoms with E-state index < -0.39 is 0 Å². The quantitative estimate of drug-likeness (QED) is 0.628. The van der Waals surface area contributed by atoms with Crippen molar-refractivity contribution < 1.29 is 21.8 Å². The van der Waals surface area contributed by atoms with Crippen LogP contribution in [0.1, 0.15) is 0 Å². The monoisotopic (exact) mass is 279 g/mol. The van der Waals surface area contributed by atoms with Crippen LogP contribution in [0.2, 0.25) is 0 Å². The standard InChI is InChI=1S/C9H7N.C4H5N.Cu.FH/c1-2-6-9-8(4-1)5-3-7-10-9;1-2-4-5-3-1;;/h1-7H;1-5H;;1H. The third kappa shape index (κ3) is 4.81. The van der Waals surface area contributed by atoms with Gasteiger partial charge in [0.05, 0.1) is 5.52 Å². The molecule has 4 heteroatoms. The van der Waals surface area contributed by atoms with E-state index in [1.165, 1.54) is 5.39 Å². The van der Waals surface area contributed by atoms with Crippen LogP contribution in [0.25, 0.3) is 10.9 Å². The minimum atomic E-state index is 0. The van der Waals surface area contributed by atoms with E-state index in [1.54, 1.807) is 0 Å². The van der Waals surface area contributed by atoms with Gasteiger partial charge >= 0.3 is 0 Å². The van der Waals surface area contributed by atoms with E-state index >= 15 is 0 Å². The molecule has 0 bridgehead atoms. The maximum atomic E-state index is 4.18. The maximum Gasteiger partial charge on any atom is 0.0701 e. The Morgan fingerprint density at radius 2 is 1.47 bits per heavy atom. The molecule has 2 aromatic heterocycles. The average molecular weight is 280 g/mol. The van der Waals surface area contributed by atoms with Gasteiger partial charge in [0.1, 0.15) is 0 Å². The molecule has 2 heterocycles. The molecule has 0 saturated carbocycles. The number of halogens is 1. The number of benzene rings is 1. The van der Waals surface area contributed by atoms with E-state index in [2.05, 4.69) is 22.1 Å². The van der Waals surface area contributed by atoms with Crippen LogP contribution >= 0.6 is 0 Å². The number of pyridine rings is 1. The fourth-order valence-corrected chi connectivity index (χ4v) is 1.29. The molecule has 0 aliphatic rings. The van der Waals surface area contributed by atoms with E-state index in [1.807, 2.05) is 55.0 Å². The van der Waals surface area contributed by atoms with Gasteiger partial charge in [-0.1, -0.05) is 24.3 Å². The molecule has 3 aromatic rings. The first-order valence-electron chi connectivity index (χ1n) is 4.84. The second kappa shape index (κ2) is 8.50. The van der Waals surface area contributed by atoms with Crippen LogP contribution in [0.5, 0.6) is 0 Å². The number of H-pyrrole nitrogens is 1. The Bertz CT molecular complexity index is 429. The van der Waals surface area contributed by atoms with Crippen molar-refractivity contribution in [3.8, 4) is 0 Å². The van der Waals surface area contributed by atoms with Crippen LogP contribution in [-0.2, 0) is 17.1 Å². The predicted molar refractivity (Wildman–Crippen MR) is 65.0 cm³/mol. The number of nitrogens with one attached hydrogen (secondary N) is 1. The summed E-state index contributed by atoms with van der Waals surface area (Å²) in [4.78, 5) is 7.04. The van der Waals surface area contributed by atoms with E-state index in [9.17, 15) is 0 Å². The zero-order valence-electron chi connectivity index (χ0n) is 9.01. The summed E-state index contributed by atoms with van der Waals surface area (Å²) in [6, 6.07) is 16.0. The Morgan fingerprint density at radius 3 is 2.06 bits per heavy atom. The summed E-state index contributed by atoms with van der Waals surface area (Å²) >= 11 is 0. The minimum absolute atomic E-state index is 0. The fourth-order valence-electron chi connectivity index (χ4n) is 1.29. The molecule has 3 rings (SSSR count). The van der Waals surface area contributed by atoms with Gasteiger partial charge in [-0.05, 0) is 24.3 Å². The molecule has 0 unspecified atom stereocenters. The van der Waals surface area contributed by atoms with Gasteiger partial charge in [-0.2, -0.15) is 0 Å². The smallest absolute Gasteiger partial charge is 0.0701 e. The van der Waals surface area contributed by atoms with Crippen LogP contribution < -0.4 is 0 Å². The maximum absolute atomic E-state index is 4.18. The van der Waals surface area contributed by atoms with Crippen molar-refractivity contribution in [2.75, 3.05) is 0 Å². The van der Waals surface area contributed by atoms with Crippen molar-refractivity contribution in [1.82, 2.24) is 9.97 Å². The second-order valence-corrected chi connectivity index (χ2v) is 3.08. The van der Waals surface area contributed by atoms with Gasteiger partial charge in [0.15, 0.2) is 0 Å². The Kier molecular flexibility index (Phi) is 7.68. The summed E-state index contributed by atoms with van der Waals surface area (Å²) in [5, 5.41) is 1.20. The van der Waals surface area contributed by atoms with Crippen LogP contribution in [0.3, 0.4) is 0 Å². The average Bonchev–Trinajstić information content (AvgIpc) is 2.88. The Balaban J connectivity index is 0.000000318. The number of hydrogen-bond donors (Lipinski definition) is 1. The molecule has 0 aliphatic heterocycles. The molecule has 17 heavy (non-hydrogen) atoms. The first-order chi connectivity index (χ1) is 7.47. The van der Waals surface area contributed by atoms with Crippen molar-refractivity contribution in [2.24, 2.45) is 0 Å². The molecule has 0 spiro atoms. The largest absolute Gasteiger partial charge is 0.368 e. The Labute approximate surface area is 110 Å². The molecule has 0 amide bonds. The van der Waals surface area contributed by atoms with Gasteiger partial charge in [-0.3, -0.25) is 9.69 Å². The number of fused-ring (bicyclic) bond motifs is 1. The summed E-state index contributed by atoms with van der Waals surface area (Å²) in [5.41, 5.74) is 1.06. The van der Waals surface area contributed by atoms with Gasteiger partial charge in [0.2, 0.25) is 0 Å². The van der Waals surface area contributed by atoms with Crippen LogP contribution in [-0.4, -0.2) is 9.97 Å². The molecule has 1 radical (unpaired) electrons. The van der Waals surface area contributed by atoms with Crippen LogP contribution in [0, 0.1) is 0 Å². The molecular formula is C13H13CuFN2. The zero-order valence-corrected chi connectivity index (χ0v) is 9.95. The van der Waals surface area contributed by atoms with Gasteiger partial charge in [0, 0.05) is 41.0 Å². The number of rotatable bonds is 0. The molecule has 2 nitrogen and oxygen atoms in total. The summed E-state index contributed by atoms with van der Waals surface area (Å²) < 4.78 is 0. The predicted octanol–water partition coefficient (Wildman–Crippen LogP) is 3.40. The number of aromatic nitrogens is 2. The van der Waals surface area contributed by atoms with Crippen LogP contribution in [0.15, 0.2) is 67.1 Å². The first-order valence-corrected chi connectivity index (χ1v) is 4.84. The molecular weight excluding hydrogens is 267 g/mol. The van der Waals surface area contributed by atoms with E-state index in [0.29, 0.717) is 0 Å². The second-order valence-electron chi connectivity index (χ2n) is 3.08. The fraction of sp³-hybridized carbons (Fsp3) is 0. The molecule has 93 valence electrons. The summed E-state index contributed by atoms with van der Waals surface area (Å²) in [6.45, 7) is 0. The topological polar surface area (TPSA) is 28.7 Å². The van der Waals surface area contributed by atoms with Crippen molar-refractivity contribution in [1.29, 1.82) is 0 Å².